The normalized spacial score (nSPS) is 16.2. The minimum Gasteiger partial charge on any atom is -0.466 e. The van der Waals surface area contributed by atoms with Crippen molar-refractivity contribution in [2.45, 2.75) is 19.8 Å². The second kappa shape index (κ2) is 9.26. The fourth-order valence-corrected chi connectivity index (χ4v) is 4.54. The van der Waals surface area contributed by atoms with Crippen LogP contribution >= 0.6 is 11.5 Å². The fourth-order valence-electron chi connectivity index (χ4n) is 3.77. The third-order valence-electron chi connectivity index (χ3n) is 5.29. The Bertz CT molecular complexity index is 1130. The molecule has 31 heavy (non-hydrogen) atoms. The van der Waals surface area contributed by atoms with E-state index in [1.54, 1.807) is 36.1 Å². The maximum atomic E-state index is 13.0. The van der Waals surface area contributed by atoms with Crippen LogP contribution in [-0.4, -0.2) is 46.8 Å². The molecule has 4 rings (SSSR count). The molecular weight excluding hydrogens is 414 g/mol. The van der Waals surface area contributed by atoms with Gasteiger partial charge >= 0.3 is 5.97 Å². The molecule has 0 saturated carbocycles. The number of hydrogen-bond donors (Lipinski definition) is 1. The number of carbonyl (C=O) groups excluding carboxylic acids is 3. The summed E-state index contributed by atoms with van der Waals surface area (Å²) in [5.74, 6) is -1.03. The van der Waals surface area contributed by atoms with Crippen molar-refractivity contribution < 1.29 is 19.1 Å². The number of fused-ring (bicyclic) bond motifs is 1. The lowest BCUT2D eigenvalue weighted by atomic mass is 9.97. The smallest absolute Gasteiger partial charge is 0.310 e. The molecule has 1 aliphatic rings. The molecule has 1 aliphatic heterocycles. The maximum absolute atomic E-state index is 13.0. The molecule has 8 heteroatoms. The van der Waals surface area contributed by atoms with Gasteiger partial charge in [-0.1, -0.05) is 24.3 Å². The fraction of sp³-hybridized carbons (Fsp3) is 0.304. The number of esters is 1. The van der Waals surface area contributed by atoms with Gasteiger partial charge in [0.25, 0.3) is 11.8 Å². The van der Waals surface area contributed by atoms with Crippen LogP contribution in [0.4, 0.5) is 5.69 Å². The molecular formula is C23H23N3O4S. The Balaban J connectivity index is 1.47. The number of ether oxygens (including phenoxy) is 1. The zero-order chi connectivity index (χ0) is 21.8. The van der Waals surface area contributed by atoms with Crippen molar-refractivity contribution in [1.29, 1.82) is 0 Å². The SMILES string of the molecule is CCOC(=O)[C@@H]1CCCN(C(=O)c2cccc(NC(=O)c3nsc4ccccc34)c2)C1. The van der Waals surface area contributed by atoms with Crippen molar-refractivity contribution in [1.82, 2.24) is 9.27 Å². The molecule has 1 saturated heterocycles. The van der Waals surface area contributed by atoms with Gasteiger partial charge < -0.3 is 15.0 Å². The Morgan fingerprint density at radius 3 is 2.87 bits per heavy atom. The molecule has 0 radical (unpaired) electrons. The molecule has 1 fully saturated rings. The van der Waals surface area contributed by atoms with Gasteiger partial charge in [-0.05, 0) is 55.6 Å². The summed E-state index contributed by atoms with van der Waals surface area (Å²) in [6, 6.07) is 14.4. The molecule has 2 aromatic carbocycles. The predicted molar refractivity (Wildman–Crippen MR) is 119 cm³/mol. The molecule has 7 nitrogen and oxygen atoms in total. The van der Waals surface area contributed by atoms with Gasteiger partial charge in [-0.15, -0.1) is 0 Å². The Labute approximate surface area is 184 Å². The van der Waals surface area contributed by atoms with Crippen LogP contribution < -0.4 is 5.32 Å². The summed E-state index contributed by atoms with van der Waals surface area (Å²) >= 11 is 1.28. The van der Waals surface area contributed by atoms with Crippen LogP contribution in [0.3, 0.4) is 0 Å². The average Bonchev–Trinajstić information content (AvgIpc) is 3.23. The van der Waals surface area contributed by atoms with Gasteiger partial charge in [0.05, 0.1) is 17.2 Å². The van der Waals surface area contributed by atoms with Gasteiger partial charge in [-0.25, -0.2) is 0 Å². The van der Waals surface area contributed by atoms with Crippen LogP contribution in [0, 0.1) is 5.92 Å². The van der Waals surface area contributed by atoms with Crippen molar-refractivity contribution in [2.24, 2.45) is 5.92 Å². The monoisotopic (exact) mass is 437 g/mol. The first-order valence-corrected chi connectivity index (χ1v) is 11.1. The summed E-state index contributed by atoms with van der Waals surface area (Å²) in [5.41, 5.74) is 1.35. The van der Waals surface area contributed by atoms with E-state index in [0.717, 1.165) is 22.9 Å². The largest absolute Gasteiger partial charge is 0.466 e. The first kappa shape index (κ1) is 21.0. The highest BCUT2D eigenvalue weighted by Crippen LogP contribution is 2.24. The van der Waals surface area contributed by atoms with E-state index in [4.69, 9.17) is 4.74 Å². The molecule has 3 aromatic rings. The molecule has 2 heterocycles. The molecule has 0 spiro atoms. The Morgan fingerprint density at radius 2 is 2.03 bits per heavy atom. The van der Waals surface area contributed by atoms with E-state index < -0.39 is 0 Å². The minimum absolute atomic E-state index is 0.163. The second-order valence-corrected chi connectivity index (χ2v) is 8.21. The highest BCUT2D eigenvalue weighted by Gasteiger charge is 2.30. The van der Waals surface area contributed by atoms with Crippen LogP contribution in [0.15, 0.2) is 48.5 Å². The average molecular weight is 438 g/mol. The van der Waals surface area contributed by atoms with Crippen molar-refractivity contribution in [3.8, 4) is 0 Å². The lowest BCUT2D eigenvalue weighted by Crippen LogP contribution is -2.42. The van der Waals surface area contributed by atoms with E-state index in [2.05, 4.69) is 9.69 Å². The lowest BCUT2D eigenvalue weighted by molar-refractivity contribution is -0.149. The summed E-state index contributed by atoms with van der Waals surface area (Å²) < 4.78 is 10.3. The molecule has 1 aromatic heterocycles. The first-order valence-electron chi connectivity index (χ1n) is 10.3. The molecule has 0 unspecified atom stereocenters. The zero-order valence-corrected chi connectivity index (χ0v) is 18.0. The number of amides is 2. The number of carbonyl (C=O) groups is 3. The van der Waals surface area contributed by atoms with Crippen molar-refractivity contribution in [2.75, 3.05) is 25.0 Å². The van der Waals surface area contributed by atoms with Gasteiger partial charge in [0.2, 0.25) is 0 Å². The van der Waals surface area contributed by atoms with Crippen molar-refractivity contribution in [3.05, 3.63) is 59.8 Å². The summed E-state index contributed by atoms with van der Waals surface area (Å²) in [7, 11) is 0. The summed E-state index contributed by atoms with van der Waals surface area (Å²) in [6.45, 7) is 3.05. The van der Waals surface area contributed by atoms with E-state index in [9.17, 15) is 14.4 Å². The van der Waals surface area contributed by atoms with Crippen molar-refractivity contribution >= 4 is 45.1 Å². The first-order chi connectivity index (χ1) is 15.1. The number of piperidine rings is 1. The lowest BCUT2D eigenvalue weighted by Gasteiger charge is -2.31. The van der Waals surface area contributed by atoms with Crippen LogP contribution in [-0.2, 0) is 9.53 Å². The van der Waals surface area contributed by atoms with E-state index in [-0.39, 0.29) is 23.7 Å². The van der Waals surface area contributed by atoms with Gasteiger partial charge in [-0.2, -0.15) is 4.37 Å². The summed E-state index contributed by atoms with van der Waals surface area (Å²) in [5, 5.41) is 3.64. The Hall–Kier alpha value is -3.26. The third kappa shape index (κ3) is 4.59. The number of likely N-dealkylation sites (tertiary alicyclic amines) is 1. The maximum Gasteiger partial charge on any atom is 0.310 e. The van der Waals surface area contributed by atoms with Gasteiger partial charge in [0.1, 0.15) is 5.69 Å². The molecule has 0 bridgehead atoms. The number of hydrogen-bond acceptors (Lipinski definition) is 6. The highest BCUT2D eigenvalue weighted by atomic mass is 32.1. The highest BCUT2D eigenvalue weighted by molar-refractivity contribution is 7.13. The van der Waals surface area contributed by atoms with Crippen LogP contribution in [0.2, 0.25) is 0 Å². The number of rotatable bonds is 5. The minimum atomic E-state index is -0.317. The Kier molecular flexibility index (Phi) is 6.27. The topological polar surface area (TPSA) is 88.6 Å². The molecule has 1 N–H and O–H groups in total. The Morgan fingerprint density at radius 1 is 1.19 bits per heavy atom. The molecule has 2 amide bonds. The number of nitrogens with zero attached hydrogens (tertiary/aromatic N) is 2. The van der Waals surface area contributed by atoms with Gasteiger partial charge in [0.15, 0.2) is 0 Å². The molecule has 0 aliphatic carbocycles. The molecule has 160 valence electrons. The quantitative estimate of drug-likeness (QED) is 0.611. The van der Waals surface area contributed by atoms with Crippen LogP contribution in [0.25, 0.3) is 10.1 Å². The standard InChI is InChI=1S/C23H23N3O4S/c1-2-30-23(29)16-8-6-12-26(14-16)22(28)15-7-5-9-17(13-15)24-21(27)20-18-10-3-4-11-19(18)31-25-20/h3-5,7,9-11,13,16H,2,6,8,12,14H2,1H3,(H,24,27)/t16-/m1/s1. The van der Waals surface area contributed by atoms with Gasteiger partial charge in [-0.3, -0.25) is 14.4 Å². The van der Waals surface area contributed by atoms with Gasteiger partial charge in [0, 0.05) is 29.7 Å². The van der Waals surface area contributed by atoms with Crippen LogP contribution in [0.1, 0.15) is 40.6 Å². The predicted octanol–water partition coefficient (Wildman–Crippen LogP) is 3.96. The second-order valence-electron chi connectivity index (χ2n) is 7.40. The van der Waals surface area contributed by atoms with E-state index >= 15 is 0 Å². The number of anilines is 1. The zero-order valence-electron chi connectivity index (χ0n) is 17.2. The van der Waals surface area contributed by atoms with Crippen molar-refractivity contribution in [3.63, 3.8) is 0 Å². The molecule has 1 atom stereocenters. The summed E-state index contributed by atoms with van der Waals surface area (Å²) in [4.78, 5) is 39.5. The van der Waals surface area contributed by atoms with E-state index in [1.165, 1.54) is 11.5 Å². The van der Waals surface area contributed by atoms with E-state index in [0.29, 0.717) is 36.6 Å². The van der Waals surface area contributed by atoms with E-state index in [1.807, 2.05) is 24.3 Å². The van der Waals surface area contributed by atoms with Crippen LogP contribution in [0.5, 0.6) is 0 Å². The number of aromatic nitrogens is 1. The third-order valence-corrected chi connectivity index (χ3v) is 6.12. The number of benzene rings is 2. The number of nitrogens with one attached hydrogen (secondary N) is 1. The summed E-state index contributed by atoms with van der Waals surface area (Å²) in [6.07, 6.45) is 1.48.